The Hall–Kier alpha value is -1.05. The first-order chi connectivity index (χ1) is 6.96. The van der Waals surface area contributed by atoms with Crippen LogP contribution in [0.4, 0.5) is 5.69 Å². The van der Waals surface area contributed by atoms with Gasteiger partial charge in [0.15, 0.2) is 0 Å². The fourth-order valence-corrected chi connectivity index (χ4v) is 2.53. The van der Waals surface area contributed by atoms with E-state index in [0.717, 1.165) is 12.5 Å². The molecule has 2 nitrogen and oxygen atoms in total. The van der Waals surface area contributed by atoms with E-state index in [-0.39, 0.29) is 0 Å². The van der Waals surface area contributed by atoms with Crippen LogP contribution in [0.25, 0.3) is 0 Å². The minimum atomic E-state index is 0.465. The van der Waals surface area contributed by atoms with Crippen molar-refractivity contribution in [3.05, 3.63) is 24.5 Å². The van der Waals surface area contributed by atoms with E-state index in [1.54, 1.807) is 0 Å². The molecule has 0 aromatic carbocycles. The monoisotopic (exact) mass is 204 g/mol. The first kappa shape index (κ1) is 10.5. The van der Waals surface area contributed by atoms with Crippen molar-refractivity contribution in [2.75, 3.05) is 11.9 Å². The standard InChI is InChI=1S/C13H20N2/c1-12(2)11(13(12,3)4)9-15-10-5-7-14-8-6-10/h5-8,11H,9H2,1-4H3,(H,14,15). The summed E-state index contributed by atoms with van der Waals surface area (Å²) < 4.78 is 0. The zero-order valence-electron chi connectivity index (χ0n) is 10.0. The zero-order chi connectivity index (χ0) is 11.1. The van der Waals surface area contributed by atoms with Gasteiger partial charge in [-0.15, -0.1) is 0 Å². The van der Waals surface area contributed by atoms with Crippen molar-refractivity contribution >= 4 is 5.69 Å². The Bertz CT molecular complexity index is 327. The average molecular weight is 204 g/mol. The summed E-state index contributed by atoms with van der Waals surface area (Å²) >= 11 is 0. The number of pyridine rings is 1. The molecule has 2 rings (SSSR count). The van der Waals surface area contributed by atoms with Gasteiger partial charge in [-0.1, -0.05) is 27.7 Å². The molecule has 0 amide bonds. The molecule has 1 aromatic rings. The number of anilines is 1. The van der Waals surface area contributed by atoms with Gasteiger partial charge in [-0.2, -0.15) is 0 Å². The van der Waals surface area contributed by atoms with Crippen LogP contribution in [-0.2, 0) is 0 Å². The number of nitrogens with one attached hydrogen (secondary N) is 1. The van der Waals surface area contributed by atoms with Crippen LogP contribution >= 0.6 is 0 Å². The van der Waals surface area contributed by atoms with E-state index in [4.69, 9.17) is 0 Å². The zero-order valence-corrected chi connectivity index (χ0v) is 10.0. The predicted molar refractivity (Wildman–Crippen MR) is 63.8 cm³/mol. The minimum absolute atomic E-state index is 0.465. The molecule has 82 valence electrons. The predicted octanol–water partition coefficient (Wildman–Crippen LogP) is 3.18. The molecule has 0 atom stereocenters. The molecule has 1 fully saturated rings. The molecule has 1 N–H and O–H groups in total. The molecule has 1 saturated carbocycles. The fraction of sp³-hybridized carbons (Fsp3) is 0.615. The van der Waals surface area contributed by atoms with E-state index >= 15 is 0 Å². The SMILES string of the molecule is CC1(C)C(CNc2ccncc2)C1(C)C. The summed E-state index contributed by atoms with van der Waals surface area (Å²) in [4.78, 5) is 4.01. The van der Waals surface area contributed by atoms with Gasteiger partial charge in [-0.3, -0.25) is 4.98 Å². The molecule has 2 heteroatoms. The number of nitrogens with zero attached hydrogens (tertiary/aromatic N) is 1. The molecule has 1 heterocycles. The van der Waals surface area contributed by atoms with Crippen LogP contribution in [0.5, 0.6) is 0 Å². The Morgan fingerprint density at radius 2 is 1.67 bits per heavy atom. The second-order valence-electron chi connectivity index (χ2n) is 5.61. The number of hydrogen-bond donors (Lipinski definition) is 1. The molecule has 0 saturated heterocycles. The van der Waals surface area contributed by atoms with Gasteiger partial charge in [0.25, 0.3) is 0 Å². The van der Waals surface area contributed by atoms with Crippen molar-refractivity contribution in [1.82, 2.24) is 4.98 Å². The molecule has 0 spiro atoms. The molecular formula is C13H20N2. The van der Waals surface area contributed by atoms with Crippen LogP contribution in [0, 0.1) is 16.7 Å². The third kappa shape index (κ3) is 1.62. The van der Waals surface area contributed by atoms with Crippen LogP contribution in [0.1, 0.15) is 27.7 Å². The molecule has 1 aliphatic carbocycles. The highest BCUT2D eigenvalue weighted by Crippen LogP contribution is 2.68. The Morgan fingerprint density at radius 3 is 2.13 bits per heavy atom. The van der Waals surface area contributed by atoms with E-state index in [9.17, 15) is 0 Å². The normalized spacial score (nSPS) is 22.4. The molecule has 1 aliphatic rings. The summed E-state index contributed by atoms with van der Waals surface area (Å²) in [7, 11) is 0. The van der Waals surface area contributed by atoms with Crippen molar-refractivity contribution in [1.29, 1.82) is 0 Å². The summed E-state index contributed by atoms with van der Waals surface area (Å²) in [5.41, 5.74) is 2.10. The second kappa shape index (κ2) is 3.22. The van der Waals surface area contributed by atoms with Gasteiger partial charge in [0, 0.05) is 24.6 Å². The first-order valence-corrected chi connectivity index (χ1v) is 5.60. The summed E-state index contributed by atoms with van der Waals surface area (Å²) in [6.45, 7) is 10.5. The fourth-order valence-electron chi connectivity index (χ4n) is 2.53. The van der Waals surface area contributed by atoms with E-state index in [0.29, 0.717) is 10.8 Å². The highest BCUT2D eigenvalue weighted by atomic mass is 14.9. The van der Waals surface area contributed by atoms with E-state index in [1.165, 1.54) is 5.69 Å². The summed E-state index contributed by atoms with van der Waals surface area (Å²) in [6.07, 6.45) is 3.65. The van der Waals surface area contributed by atoms with Crippen LogP contribution in [-0.4, -0.2) is 11.5 Å². The van der Waals surface area contributed by atoms with Gasteiger partial charge < -0.3 is 5.32 Å². The Kier molecular flexibility index (Phi) is 2.25. The maximum absolute atomic E-state index is 4.01. The smallest absolute Gasteiger partial charge is 0.0371 e. The van der Waals surface area contributed by atoms with E-state index < -0.39 is 0 Å². The first-order valence-electron chi connectivity index (χ1n) is 5.60. The van der Waals surface area contributed by atoms with Gasteiger partial charge in [0.05, 0.1) is 0 Å². The van der Waals surface area contributed by atoms with E-state index in [1.807, 2.05) is 24.5 Å². The largest absolute Gasteiger partial charge is 0.385 e. The molecule has 0 unspecified atom stereocenters. The highest BCUT2D eigenvalue weighted by Gasteiger charge is 2.63. The van der Waals surface area contributed by atoms with Gasteiger partial charge >= 0.3 is 0 Å². The lowest BCUT2D eigenvalue weighted by molar-refractivity contribution is 0.457. The Balaban J connectivity index is 1.92. The third-order valence-corrected chi connectivity index (χ3v) is 4.51. The number of hydrogen-bond acceptors (Lipinski definition) is 2. The summed E-state index contributed by atoms with van der Waals surface area (Å²) in [5, 5.41) is 3.48. The summed E-state index contributed by atoms with van der Waals surface area (Å²) in [6, 6.07) is 4.03. The molecule has 0 radical (unpaired) electrons. The van der Waals surface area contributed by atoms with Gasteiger partial charge in [0.1, 0.15) is 0 Å². The van der Waals surface area contributed by atoms with Gasteiger partial charge in [-0.25, -0.2) is 0 Å². The molecule has 15 heavy (non-hydrogen) atoms. The number of aromatic nitrogens is 1. The van der Waals surface area contributed by atoms with Crippen LogP contribution < -0.4 is 5.32 Å². The quantitative estimate of drug-likeness (QED) is 0.818. The molecular weight excluding hydrogens is 184 g/mol. The van der Waals surface area contributed by atoms with Gasteiger partial charge in [-0.05, 0) is 28.9 Å². The molecule has 0 aliphatic heterocycles. The minimum Gasteiger partial charge on any atom is -0.385 e. The maximum Gasteiger partial charge on any atom is 0.0371 e. The third-order valence-electron chi connectivity index (χ3n) is 4.51. The van der Waals surface area contributed by atoms with Crippen molar-refractivity contribution < 1.29 is 0 Å². The maximum atomic E-state index is 4.01. The van der Waals surface area contributed by atoms with Crippen LogP contribution in [0.2, 0.25) is 0 Å². The van der Waals surface area contributed by atoms with Gasteiger partial charge in [0.2, 0.25) is 0 Å². The van der Waals surface area contributed by atoms with Crippen molar-refractivity contribution in [3.63, 3.8) is 0 Å². The Labute approximate surface area is 92.1 Å². The van der Waals surface area contributed by atoms with Crippen LogP contribution in [0.3, 0.4) is 0 Å². The van der Waals surface area contributed by atoms with Crippen molar-refractivity contribution in [3.8, 4) is 0 Å². The topological polar surface area (TPSA) is 24.9 Å². The molecule has 0 bridgehead atoms. The van der Waals surface area contributed by atoms with E-state index in [2.05, 4.69) is 38.0 Å². The van der Waals surface area contributed by atoms with Crippen molar-refractivity contribution in [2.45, 2.75) is 27.7 Å². The number of rotatable bonds is 3. The Morgan fingerprint density at radius 1 is 1.13 bits per heavy atom. The van der Waals surface area contributed by atoms with Crippen LogP contribution in [0.15, 0.2) is 24.5 Å². The van der Waals surface area contributed by atoms with Crippen molar-refractivity contribution in [2.24, 2.45) is 16.7 Å². The average Bonchev–Trinajstić information content (AvgIpc) is 2.57. The molecule has 1 aromatic heterocycles. The lowest BCUT2D eigenvalue weighted by Gasteiger charge is -2.06. The lowest BCUT2D eigenvalue weighted by Crippen LogP contribution is -2.07. The highest BCUT2D eigenvalue weighted by molar-refractivity contribution is 5.41. The lowest BCUT2D eigenvalue weighted by atomic mass is 10.0. The second-order valence-corrected chi connectivity index (χ2v) is 5.61. The summed E-state index contributed by atoms with van der Waals surface area (Å²) in [5.74, 6) is 0.762.